The standard InChI is InChI=1S/C18H27N3O/c1-14(15-7-3-2-4-8-15)21-18(9-5-6-10-18)13-20-17(22)16-11-19-12-16/h2-4,7-8,14,16,19,21H,5-6,9-13H2,1H3,(H,20,22). The molecule has 1 aliphatic carbocycles. The molecule has 2 aliphatic rings. The van der Waals surface area contributed by atoms with E-state index in [0.717, 1.165) is 32.5 Å². The maximum absolute atomic E-state index is 12.1. The predicted octanol–water partition coefficient (Wildman–Crippen LogP) is 1.99. The van der Waals surface area contributed by atoms with E-state index in [1.165, 1.54) is 18.4 Å². The van der Waals surface area contributed by atoms with Gasteiger partial charge in [0, 0.05) is 31.2 Å². The van der Waals surface area contributed by atoms with Crippen molar-refractivity contribution >= 4 is 5.91 Å². The molecular weight excluding hydrogens is 274 g/mol. The Morgan fingerprint density at radius 3 is 2.55 bits per heavy atom. The van der Waals surface area contributed by atoms with Gasteiger partial charge in [-0.1, -0.05) is 43.2 Å². The Morgan fingerprint density at radius 2 is 1.95 bits per heavy atom. The fraction of sp³-hybridized carbons (Fsp3) is 0.611. The Morgan fingerprint density at radius 1 is 1.27 bits per heavy atom. The van der Waals surface area contributed by atoms with Crippen LogP contribution in [0.15, 0.2) is 30.3 Å². The second-order valence-corrected chi connectivity index (χ2v) is 6.84. The van der Waals surface area contributed by atoms with Crippen molar-refractivity contribution < 1.29 is 4.79 Å². The minimum atomic E-state index is 0.0576. The fourth-order valence-corrected chi connectivity index (χ4v) is 3.58. The van der Waals surface area contributed by atoms with Crippen molar-refractivity contribution in [2.45, 2.75) is 44.2 Å². The Balaban J connectivity index is 1.59. The van der Waals surface area contributed by atoms with Crippen molar-refractivity contribution in [3.8, 4) is 0 Å². The van der Waals surface area contributed by atoms with Crippen LogP contribution in [0.5, 0.6) is 0 Å². The van der Waals surface area contributed by atoms with Crippen LogP contribution in [0, 0.1) is 5.92 Å². The lowest BCUT2D eigenvalue weighted by atomic mass is 9.93. The van der Waals surface area contributed by atoms with Crippen LogP contribution in [0.2, 0.25) is 0 Å². The minimum absolute atomic E-state index is 0.0576. The van der Waals surface area contributed by atoms with Crippen molar-refractivity contribution in [1.29, 1.82) is 0 Å². The summed E-state index contributed by atoms with van der Waals surface area (Å²) in [7, 11) is 0. The van der Waals surface area contributed by atoms with Gasteiger partial charge in [0.05, 0.1) is 5.92 Å². The molecule has 0 aromatic heterocycles. The largest absolute Gasteiger partial charge is 0.354 e. The highest BCUT2D eigenvalue weighted by atomic mass is 16.2. The SMILES string of the molecule is CC(NC1(CNC(=O)C2CNC2)CCCC1)c1ccccc1. The molecule has 1 saturated carbocycles. The molecular formula is C18H27N3O. The van der Waals surface area contributed by atoms with Gasteiger partial charge in [-0.3, -0.25) is 4.79 Å². The van der Waals surface area contributed by atoms with Gasteiger partial charge in [-0.2, -0.15) is 0 Å². The van der Waals surface area contributed by atoms with Crippen LogP contribution >= 0.6 is 0 Å². The molecule has 0 spiro atoms. The molecule has 4 nitrogen and oxygen atoms in total. The number of benzene rings is 1. The molecule has 3 rings (SSSR count). The van der Waals surface area contributed by atoms with Gasteiger partial charge in [0.15, 0.2) is 0 Å². The highest BCUT2D eigenvalue weighted by molar-refractivity contribution is 5.80. The number of rotatable bonds is 6. The first-order valence-electron chi connectivity index (χ1n) is 8.50. The van der Waals surface area contributed by atoms with Gasteiger partial charge in [0.25, 0.3) is 0 Å². The number of hydrogen-bond acceptors (Lipinski definition) is 3. The molecule has 1 aliphatic heterocycles. The van der Waals surface area contributed by atoms with Crippen LogP contribution in [-0.2, 0) is 4.79 Å². The number of carbonyl (C=O) groups excluding carboxylic acids is 1. The number of amides is 1. The topological polar surface area (TPSA) is 53.2 Å². The molecule has 1 saturated heterocycles. The third-order valence-corrected chi connectivity index (χ3v) is 5.14. The van der Waals surface area contributed by atoms with Gasteiger partial charge in [-0.05, 0) is 25.3 Å². The zero-order valence-electron chi connectivity index (χ0n) is 13.4. The van der Waals surface area contributed by atoms with E-state index < -0.39 is 0 Å². The lowest BCUT2D eigenvalue weighted by Crippen LogP contribution is -2.56. The quantitative estimate of drug-likeness (QED) is 0.753. The zero-order chi connectivity index (χ0) is 15.4. The van der Waals surface area contributed by atoms with Crippen LogP contribution in [-0.4, -0.2) is 31.1 Å². The lowest BCUT2D eigenvalue weighted by Gasteiger charge is -2.35. The molecule has 3 N–H and O–H groups in total. The summed E-state index contributed by atoms with van der Waals surface area (Å²) in [5.41, 5.74) is 1.37. The van der Waals surface area contributed by atoms with Gasteiger partial charge < -0.3 is 16.0 Å². The Hall–Kier alpha value is -1.39. The predicted molar refractivity (Wildman–Crippen MR) is 88.6 cm³/mol. The summed E-state index contributed by atoms with van der Waals surface area (Å²) in [6.45, 7) is 4.62. The smallest absolute Gasteiger partial charge is 0.225 e. The highest BCUT2D eigenvalue weighted by Gasteiger charge is 2.36. The first kappa shape index (κ1) is 15.5. The molecule has 1 amide bonds. The van der Waals surface area contributed by atoms with Crippen LogP contribution in [0.1, 0.15) is 44.2 Å². The van der Waals surface area contributed by atoms with E-state index in [4.69, 9.17) is 0 Å². The summed E-state index contributed by atoms with van der Waals surface area (Å²) in [5, 5.41) is 10.1. The van der Waals surface area contributed by atoms with E-state index in [-0.39, 0.29) is 17.4 Å². The maximum atomic E-state index is 12.1. The third kappa shape index (κ3) is 3.50. The van der Waals surface area contributed by atoms with Crippen molar-refractivity contribution in [3.05, 3.63) is 35.9 Å². The summed E-state index contributed by atoms with van der Waals surface area (Å²) in [5.74, 6) is 0.379. The van der Waals surface area contributed by atoms with Crippen LogP contribution in [0.4, 0.5) is 0 Å². The Kier molecular flexibility index (Phi) is 4.79. The van der Waals surface area contributed by atoms with Gasteiger partial charge in [0.2, 0.25) is 5.91 Å². The van der Waals surface area contributed by atoms with Gasteiger partial charge >= 0.3 is 0 Å². The first-order chi connectivity index (χ1) is 10.7. The summed E-state index contributed by atoms with van der Waals surface area (Å²) in [4.78, 5) is 12.1. The lowest BCUT2D eigenvalue weighted by molar-refractivity contribution is -0.126. The molecule has 0 radical (unpaired) electrons. The average molecular weight is 301 g/mol. The van der Waals surface area contributed by atoms with Gasteiger partial charge in [-0.25, -0.2) is 0 Å². The van der Waals surface area contributed by atoms with Crippen LogP contribution in [0.3, 0.4) is 0 Å². The second kappa shape index (κ2) is 6.80. The average Bonchev–Trinajstić information content (AvgIpc) is 2.93. The van der Waals surface area contributed by atoms with Crippen molar-refractivity contribution in [2.75, 3.05) is 19.6 Å². The monoisotopic (exact) mass is 301 g/mol. The molecule has 1 unspecified atom stereocenters. The molecule has 0 bridgehead atoms. The van der Waals surface area contributed by atoms with Crippen molar-refractivity contribution in [1.82, 2.24) is 16.0 Å². The molecule has 22 heavy (non-hydrogen) atoms. The molecule has 1 atom stereocenters. The second-order valence-electron chi connectivity index (χ2n) is 6.84. The van der Waals surface area contributed by atoms with E-state index >= 15 is 0 Å². The maximum Gasteiger partial charge on any atom is 0.225 e. The number of nitrogens with one attached hydrogen (secondary N) is 3. The van der Waals surface area contributed by atoms with E-state index in [1.54, 1.807) is 0 Å². The molecule has 2 fully saturated rings. The van der Waals surface area contributed by atoms with Gasteiger partial charge in [0.1, 0.15) is 0 Å². The summed E-state index contributed by atoms with van der Waals surface area (Å²) >= 11 is 0. The molecule has 120 valence electrons. The van der Waals surface area contributed by atoms with E-state index in [1.807, 2.05) is 0 Å². The van der Waals surface area contributed by atoms with Crippen molar-refractivity contribution in [2.24, 2.45) is 5.92 Å². The van der Waals surface area contributed by atoms with E-state index in [9.17, 15) is 4.79 Å². The molecule has 1 aromatic rings. The molecule has 1 heterocycles. The van der Waals surface area contributed by atoms with Crippen LogP contribution < -0.4 is 16.0 Å². The first-order valence-corrected chi connectivity index (χ1v) is 8.50. The Bertz CT molecular complexity index is 492. The number of carbonyl (C=O) groups is 1. The van der Waals surface area contributed by atoms with E-state index in [0.29, 0.717) is 6.04 Å². The molecule has 1 aromatic carbocycles. The highest BCUT2D eigenvalue weighted by Crippen LogP contribution is 2.32. The fourth-order valence-electron chi connectivity index (χ4n) is 3.58. The van der Waals surface area contributed by atoms with Crippen LogP contribution in [0.25, 0.3) is 0 Å². The minimum Gasteiger partial charge on any atom is -0.354 e. The summed E-state index contributed by atoms with van der Waals surface area (Å²) < 4.78 is 0. The van der Waals surface area contributed by atoms with Crippen molar-refractivity contribution in [3.63, 3.8) is 0 Å². The molecule has 4 heteroatoms. The van der Waals surface area contributed by atoms with Gasteiger partial charge in [-0.15, -0.1) is 0 Å². The third-order valence-electron chi connectivity index (χ3n) is 5.14. The normalized spacial score (nSPS) is 22.0. The summed E-state index contributed by atoms with van der Waals surface area (Å²) in [6, 6.07) is 10.9. The zero-order valence-corrected chi connectivity index (χ0v) is 13.4. The van der Waals surface area contributed by atoms with E-state index in [2.05, 4.69) is 53.2 Å². The number of hydrogen-bond donors (Lipinski definition) is 3. The Labute approximate surface area is 133 Å². The summed E-state index contributed by atoms with van der Waals surface area (Å²) in [6.07, 6.45) is 4.78.